The Morgan fingerprint density at radius 3 is 2.16 bits per heavy atom. The Bertz CT molecular complexity index is 1120. The molecule has 1 atom stereocenters. The minimum atomic E-state index is -3.94. The summed E-state index contributed by atoms with van der Waals surface area (Å²) < 4.78 is 27.7. The first-order chi connectivity index (χ1) is 14.8. The molecule has 0 aliphatic carbocycles. The summed E-state index contributed by atoms with van der Waals surface area (Å²) in [6, 6.07) is 22.2. The van der Waals surface area contributed by atoms with Crippen molar-refractivity contribution in [2.24, 2.45) is 0 Å². The van der Waals surface area contributed by atoms with E-state index in [9.17, 15) is 13.2 Å². The summed E-state index contributed by atoms with van der Waals surface area (Å²) in [4.78, 5) is 12.9. The van der Waals surface area contributed by atoms with Gasteiger partial charge in [0.05, 0.1) is 16.6 Å². The number of sulfonamides is 1. The summed E-state index contributed by atoms with van der Waals surface area (Å²) in [5, 5.41) is 3.38. The molecule has 7 heteroatoms. The zero-order valence-corrected chi connectivity index (χ0v) is 19.0. The molecule has 0 aliphatic heterocycles. The monoisotopic (exact) mass is 456 g/mol. The van der Waals surface area contributed by atoms with Gasteiger partial charge in [0.1, 0.15) is 6.54 Å². The molecule has 0 aromatic heterocycles. The highest BCUT2D eigenvalue weighted by Crippen LogP contribution is 2.25. The summed E-state index contributed by atoms with van der Waals surface area (Å²) in [6.07, 6.45) is 0.939. The van der Waals surface area contributed by atoms with Gasteiger partial charge in [-0.15, -0.1) is 0 Å². The van der Waals surface area contributed by atoms with Crippen LogP contribution < -0.4 is 9.62 Å². The molecule has 0 saturated carbocycles. The quantitative estimate of drug-likeness (QED) is 0.520. The van der Waals surface area contributed by atoms with Crippen molar-refractivity contribution in [3.05, 3.63) is 95.0 Å². The molecular formula is C24H25ClN2O3S. The van der Waals surface area contributed by atoms with Crippen LogP contribution in [0.5, 0.6) is 0 Å². The molecule has 0 fully saturated rings. The number of rotatable bonds is 8. The molecule has 1 N–H and O–H groups in total. The number of carbonyl (C=O) groups excluding carboxylic acids is 1. The van der Waals surface area contributed by atoms with Crippen LogP contribution >= 0.6 is 11.6 Å². The molecule has 1 amide bonds. The second kappa shape index (κ2) is 9.98. The van der Waals surface area contributed by atoms with E-state index in [1.165, 1.54) is 17.7 Å². The van der Waals surface area contributed by atoms with Crippen LogP contribution in [-0.4, -0.2) is 20.9 Å². The van der Waals surface area contributed by atoms with Crippen molar-refractivity contribution in [3.8, 4) is 0 Å². The molecule has 1 unspecified atom stereocenters. The molecular weight excluding hydrogens is 432 g/mol. The number of halogens is 1. The van der Waals surface area contributed by atoms with Crippen LogP contribution in [0.15, 0.2) is 83.8 Å². The van der Waals surface area contributed by atoms with Gasteiger partial charge in [-0.3, -0.25) is 9.10 Å². The summed E-state index contributed by atoms with van der Waals surface area (Å²) in [6.45, 7) is 3.60. The van der Waals surface area contributed by atoms with Crippen molar-refractivity contribution in [1.82, 2.24) is 5.32 Å². The molecule has 0 spiro atoms. The number of nitrogens with one attached hydrogen (secondary N) is 1. The Hall–Kier alpha value is -2.83. The summed E-state index contributed by atoms with van der Waals surface area (Å²) in [5.74, 6) is -0.401. The third kappa shape index (κ3) is 5.66. The lowest BCUT2D eigenvalue weighted by Gasteiger charge is -2.25. The zero-order valence-electron chi connectivity index (χ0n) is 17.5. The van der Waals surface area contributed by atoms with Crippen molar-refractivity contribution in [1.29, 1.82) is 0 Å². The van der Waals surface area contributed by atoms with Crippen molar-refractivity contribution in [2.45, 2.75) is 31.2 Å². The molecule has 31 heavy (non-hydrogen) atoms. The summed E-state index contributed by atoms with van der Waals surface area (Å²) in [5.41, 5.74) is 2.53. The van der Waals surface area contributed by atoms with Crippen molar-refractivity contribution in [2.75, 3.05) is 10.8 Å². The number of aryl methyl sites for hydroxylation is 1. The Balaban J connectivity index is 1.84. The normalized spacial score (nSPS) is 12.2. The van der Waals surface area contributed by atoms with Crippen LogP contribution in [0, 0.1) is 0 Å². The van der Waals surface area contributed by atoms with Crippen molar-refractivity contribution < 1.29 is 13.2 Å². The van der Waals surface area contributed by atoms with Gasteiger partial charge in [0.2, 0.25) is 5.91 Å². The van der Waals surface area contributed by atoms with E-state index in [0.717, 1.165) is 16.3 Å². The molecule has 0 aliphatic rings. The van der Waals surface area contributed by atoms with Gasteiger partial charge in [-0.2, -0.15) is 0 Å². The third-order valence-electron chi connectivity index (χ3n) is 5.00. The standard InChI is InChI=1S/C24H25ClN2O3S/c1-3-19-9-11-20(12-10-19)18(2)26-24(28)17-27(22-15-13-21(25)14-16-22)31(29,30)23-7-5-4-6-8-23/h4-16,18H,3,17H2,1-2H3,(H,26,28). The van der Waals surface area contributed by atoms with Crippen LogP contribution in [0.1, 0.15) is 31.0 Å². The van der Waals surface area contributed by atoms with Crippen LogP contribution in [0.25, 0.3) is 0 Å². The van der Waals surface area contributed by atoms with E-state index in [0.29, 0.717) is 10.7 Å². The van der Waals surface area contributed by atoms with Gasteiger partial charge in [-0.05, 0) is 60.9 Å². The number of carbonyl (C=O) groups is 1. The molecule has 3 rings (SSSR count). The SMILES string of the molecule is CCc1ccc(C(C)NC(=O)CN(c2ccc(Cl)cc2)S(=O)(=O)c2ccccc2)cc1. The predicted molar refractivity (Wildman–Crippen MR) is 125 cm³/mol. The smallest absolute Gasteiger partial charge is 0.264 e. The van der Waals surface area contributed by atoms with Crippen molar-refractivity contribution >= 4 is 33.2 Å². The first-order valence-corrected chi connectivity index (χ1v) is 11.8. The van der Waals surface area contributed by atoms with Gasteiger partial charge in [-0.25, -0.2) is 8.42 Å². The molecule has 0 heterocycles. The fourth-order valence-electron chi connectivity index (χ4n) is 3.19. The van der Waals surface area contributed by atoms with E-state index in [1.54, 1.807) is 42.5 Å². The van der Waals surface area contributed by atoms with Gasteiger partial charge in [0.25, 0.3) is 10.0 Å². The van der Waals surface area contributed by atoms with Crippen LogP contribution in [0.4, 0.5) is 5.69 Å². The average molecular weight is 457 g/mol. The Labute approximate surface area is 188 Å². The molecule has 3 aromatic rings. The lowest BCUT2D eigenvalue weighted by atomic mass is 10.1. The topological polar surface area (TPSA) is 66.5 Å². The van der Waals surface area contributed by atoms with Gasteiger partial charge in [0.15, 0.2) is 0 Å². The van der Waals surface area contributed by atoms with E-state index in [-0.39, 0.29) is 17.5 Å². The second-order valence-electron chi connectivity index (χ2n) is 7.19. The summed E-state index contributed by atoms with van der Waals surface area (Å²) >= 11 is 5.96. The highest BCUT2D eigenvalue weighted by molar-refractivity contribution is 7.92. The van der Waals surface area contributed by atoms with Crippen molar-refractivity contribution in [3.63, 3.8) is 0 Å². The fraction of sp³-hybridized carbons (Fsp3) is 0.208. The largest absolute Gasteiger partial charge is 0.348 e. The fourth-order valence-corrected chi connectivity index (χ4v) is 4.75. The predicted octanol–water partition coefficient (Wildman–Crippen LogP) is 4.98. The number of hydrogen-bond acceptors (Lipinski definition) is 3. The highest BCUT2D eigenvalue weighted by Gasteiger charge is 2.27. The van der Waals surface area contributed by atoms with Gasteiger partial charge in [0, 0.05) is 5.02 Å². The second-order valence-corrected chi connectivity index (χ2v) is 9.48. The van der Waals surface area contributed by atoms with Crippen LogP contribution in [0.3, 0.4) is 0 Å². The average Bonchev–Trinajstić information content (AvgIpc) is 2.78. The zero-order chi connectivity index (χ0) is 22.4. The van der Waals surface area contributed by atoms with Gasteiger partial charge < -0.3 is 5.32 Å². The van der Waals surface area contributed by atoms with E-state index >= 15 is 0 Å². The minimum absolute atomic E-state index is 0.112. The first kappa shape index (κ1) is 22.8. The van der Waals surface area contributed by atoms with E-state index in [1.807, 2.05) is 31.2 Å². The van der Waals surface area contributed by atoms with E-state index in [4.69, 9.17) is 11.6 Å². The Morgan fingerprint density at radius 1 is 0.968 bits per heavy atom. The molecule has 162 valence electrons. The maximum atomic E-state index is 13.3. The van der Waals surface area contributed by atoms with Gasteiger partial charge >= 0.3 is 0 Å². The molecule has 5 nitrogen and oxygen atoms in total. The number of anilines is 1. The third-order valence-corrected chi connectivity index (χ3v) is 7.04. The molecule has 3 aromatic carbocycles. The van der Waals surface area contributed by atoms with E-state index < -0.39 is 15.9 Å². The molecule has 0 saturated heterocycles. The Morgan fingerprint density at radius 2 is 1.58 bits per heavy atom. The molecule has 0 bridgehead atoms. The maximum Gasteiger partial charge on any atom is 0.264 e. The van der Waals surface area contributed by atoms with Crippen LogP contribution in [-0.2, 0) is 21.2 Å². The van der Waals surface area contributed by atoms with Gasteiger partial charge in [-0.1, -0.05) is 61.0 Å². The maximum absolute atomic E-state index is 13.3. The minimum Gasteiger partial charge on any atom is -0.348 e. The summed E-state index contributed by atoms with van der Waals surface area (Å²) in [7, 11) is -3.94. The van der Waals surface area contributed by atoms with E-state index in [2.05, 4.69) is 12.2 Å². The first-order valence-electron chi connectivity index (χ1n) is 10.0. The van der Waals surface area contributed by atoms with Crippen LogP contribution in [0.2, 0.25) is 5.02 Å². The number of amides is 1. The highest BCUT2D eigenvalue weighted by atomic mass is 35.5. The lowest BCUT2D eigenvalue weighted by molar-refractivity contribution is -0.120. The molecule has 0 radical (unpaired) electrons. The lowest BCUT2D eigenvalue weighted by Crippen LogP contribution is -2.41. The number of hydrogen-bond donors (Lipinski definition) is 1. The Kier molecular flexibility index (Phi) is 7.36. The number of benzene rings is 3. The number of nitrogens with zero attached hydrogens (tertiary/aromatic N) is 1.